The van der Waals surface area contributed by atoms with Crippen LogP contribution in [0.15, 0.2) is 46.1 Å². The van der Waals surface area contributed by atoms with E-state index < -0.39 is 23.0 Å². The van der Waals surface area contributed by atoms with Crippen LogP contribution in [0.5, 0.6) is 0 Å². The number of nitrogens with zero attached hydrogens (tertiary/aromatic N) is 2. The van der Waals surface area contributed by atoms with E-state index in [1.54, 1.807) is 12.1 Å². The first-order valence-corrected chi connectivity index (χ1v) is 7.74. The van der Waals surface area contributed by atoms with Crippen molar-refractivity contribution in [1.29, 1.82) is 0 Å². The average molecular weight is 333 g/mol. The third-order valence-corrected chi connectivity index (χ3v) is 3.70. The molecule has 7 heteroatoms. The van der Waals surface area contributed by atoms with Gasteiger partial charge in [-0.15, -0.1) is 0 Å². The molecule has 2 rings (SSSR count). The highest BCUT2D eigenvalue weighted by Crippen LogP contribution is 2.04. The molecule has 0 saturated carbocycles. The van der Waals surface area contributed by atoms with Gasteiger partial charge in [-0.25, -0.2) is 9.18 Å². The number of hydrogen-bond donors (Lipinski definition) is 1. The standard InChI is InChI=1S/C17H20FN3O3/c1-3-12(2)19-15(22)11-21-16(23)7-8-20(17(21)24)10-13-5-4-6-14(18)9-13/h4-9,12H,3,10-11H2,1-2H3,(H,19,22). The second kappa shape index (κ2) is 7.72. The Morgan fingerprint density at radius 2 is 2.04 bits per heavy atom. The van der Waals surface area contributed by atoms with Gasteiger partial charge in [-0.3, -0.25) is 18.7 Å². The predicted molar refractivity (Wildman–Crippen MR) is 88.4 cm³/mol. The van der Waals surface area contributed by atoms with Crippen molar-refractivity contribution in [1.82, 2.24) is 14.5 Å². The first-order chi connectivity index (χ1) is 11.4. The first kappa shape index (κ1) is 17.7. The normalized spacial score (nSPS) is 12.0. The number of benzene rings is 1. The largest absolute Gasteiger partial charge is 0.352 e. The van der Waals surface area contributed by atoms with E-state index in [-0.39, 0.29) is 19.1 Å². The minimum Gasteiger partial charge on any atom is -0.352 e. The van der Waals surface area contributed by atoms with Crippen molar-refractivity contribution in [3.63, 3.8) is 0 Å². The van der Waals surface area contributed by atoms with Crippen molar-refractivity contribution in [2.45, 2.75) is 39.4 Å². The quantitative estimate of drug-likeness (QED) is 0.861. The molecule has 0 bridgehead atoms. The van der Waals surface area contributed by atoms with Crippen LogP contribution in [0.25, 0.3) is 0 Å². The monoisotopic (exact) mass is 333 g/mol. The fourth-order valence-corrected chi connectivity index (χ4v) is 2.22. The van der Waals surface area contributed by atoms with Crippen LogP contribution in [0.2, 0.25) is 0 Å². The van der Waals surface area contributed by atoms with E-state index in [0.29, 0.717) is 5.56 Å². The summed E-state index contributed by atoms with van der Waals surface area (Å²) in [6.07, 6.45) is 2.10. The summed E-state index contributed by atoms with van der Waals surface area (Å²) in [4.78, 5) is 36.3. The lowest BCUT2D eigenvalue weighted by molar-refractivity contribution is -0.122. The Labute approximate surface area is 138 Å². The molecule has 0 aliphatic carbocycles. The van der Waals surface area contributed by atoms with Crippen molar-refractivity contribution in [3.8, 4) is 0 Å². The zero-order valence-corrected chi connectivity index (χ0v) is 13.7. The van der Waals surface area contributed by atoms with Gasteiger partial charge < -0.3 is 5.32 Å². The highest BCUT2D eigenvalue weighted by Gasteiger charge is 2.12. The number of hydrogen-bond acceptors (Lipinski definition) is 3. The number of nitrogens with one attached hydrogen (secondary N) is 1. The Bertz CT molecular complexity index is 841. The highest BCUT2D eigenvalue weighted by atomic mass is 19.1. The van der Waals surface area contributed by atoms with Gasteiger partial charge in [0.1, 0.15) is 12.4 Å². The Morgan fingerprint density at radius 1 is 1.29 bits per heavy atom. The van der Waals surface area contributed by atoms with E-state index >= 15 is 0 Å². The van der Waals surface area contributed by atoms with E-state index in [2.05, 4.69) is 5.32 Å². The van der Waals surface area contributed by atoms with Gasteiger partial charge in [-0.2, -0.15) is 0 Å². The summed E-state index contributed by atoms with van der Waals surface area (Å²) in [5.41, 5.74) is -0.563. The lowest BCUT2D eigenvalue weighted by Gasteiger charge is -2.13. The fraction of sp³-hybridized carbons (Fsp3) is 0.353. The van der Waals surface area contributed by atoms with Crippen LogP contribution in [0.4, 0.5) is 4.39 Å². The molecule has 1 aromatic heterocycles. The van der Waals surface area contributed by atoms with Crippen molar-refractivity contribution >= 4 is 5.91 Å². The van der Waals surface area contributed by atoms with Crippen molar-refractivity contribution in [2.24, 2.45) is 0 Å². The van der Waals surface area contributed by atoms with Crippen LogP contribution in [0, 0.1) is 5.82 Å². The average Bonchev–Trinajstić information content (AvgIpc) is 2.54. The molecular weight excluding hydrogens is 313 g/mol. The third-order valence-electron chi connectivity index (χ3n) is 3.70. The first-order valence-electron chi connectivity index (χ1n) is 7.74. The van der Waals surface area contributed by atoms with Gasteiger partial charge in [0.2, 0.25) is 5.91 Å². The minimum atomic E-state index is -0.605. The van der Waals surface area contributed by atoms with Crippen LogP contribution >= 0.6 is 0 Å². The minimum absolute atomic E-state index is 0.0357. The zero-order valence-electron chi connectivity index (χ0n) is 13.7. The Balaban J connectivity index is 2.25. The number of amides is 1. The van der Waals surface area contributed by atoms with Crippen molar-refractivity contribution in [2.75, 3.05) is 0 Å². The SMILES string of the molecule is CCC(C)NC(=O)Cn1c(=O)ccn(Cc2cccc(F)c2)c1=O. The summed E-state index contributed by atoms with van der Waals surface area (Å²) in [5, 5.41) is 2.71. The topological polar surface area (TPSA) is 73.1 Å². The Hall–Kier alpha value is -2.70. The number of halogens is 1. The van der Waals surface area contributed by atoms with E-state index in [0.717, 1.165) is 11.0 Å². The summed E-state index contributed by atoms with van der Waals surface area (Å²) in [6, 6.07) is 7.04. The smallest absolute Gasteiger partial charge is 0.331 e. The van der Waals surface area contributed by atoms with Gasteiger partial charge in [-0.05, 0) is 31.0 Å². The molecule has 6 nitrogen and oxygen atoms in total. The molecule has 0 saturated heterocycles. The molecule has 0 aliphatic rings. The van der Waals surface area contributed by atoms with Crippen LogP contribution in [-0.4, -0.2) is 21.1 Å². The maximum Gasteiger partial charge on any atom is 0.331 e. The molecule has 2 aromatic rings. The second-order valence-electron chi connectivity index (χ2n) is 5.66. The van der Waals surface area contributed by atoms with Gasteiger partial charge in [0.25, 0.3) is 5.56 Å². The van der Waals surface area contributed by atoms with Gasteiger partial charge in [0, 0.05) is 18.3 Å². The van der Waals surface area contributed by atoms with Gasteiger partial charge in [0.15, 0.2) is 0 Å². The van der Waals surface area contributed by atoms with E-state index in [1.807, 2.05) is 13.8 Å². The van der Waals surface area contributed by atoms with Crippen molar-refractivity contribution < 1.29 is 9.18 Å². The molecule has 128 valence electrons. The summed E-state index contributed by atoms with van der Waals surface area (Å²) >= 11 is 0. The van der Waals surface area contributed by atoms with Gasteiger partial charge in [-0.1, -0.05) is 19.1 Å². The van der Waals surface area contributed by atoms with E-state index in [4.69, 9.17) is 0 Å². The zero-order chi connectivity index (χ0) is 17.7. The third kappa shape index (κ3) is 4.41. The summed E-state index contributed by atoms with van der Waals surface area (Å²) in [6.45, 7) is 3.54. The van der Waals surface area contributed by atoms with Gasteiger partial charge in [0.05, 0.1) is 6.54 Å². The summed E-state index contributed by atoms with van der Waals surface area (Å²) in [7, 11) is 0. The predicted octanol–water partition coefficient (Wildman–Crippen LogP) is 1.11. The molecule has 24 heavy (non-hydrogen) atoms. The second-order valence-corrected chi connectivity index (χ2v) is 5.66. The molecule has 0 radical (unpaired) electrons. The van der Waals surface area contributed by atoms with Crippen molar-refractivity contribution in [3.05, 3.63) is 68.7 Å². The maximum absolute atomic E-state index is 13.2. The number of rotatable bonds is 6. The summed E-state index contributed by atoms with van der Waals surface area (Å²) in [5.74, 6) is -0.797. The molecule has 0 spiro atoms. The molecule has 1 amide bonds. The number of aromatic nitrogens is 2. The molecule has 1 heterocycles. The van der Waals surface area contributed by atoms with Crippen LogP contribution in [0.1, 0.15) is 25.8 Å². The molecule has 0 fully saturated rings. The Kier molecular flexibility index (Phi) is 5.68. The number of carbonyl (C=O) groups excluding carboxylic acids is 1. The Morgan fingerprint density at radius 3 is 2.71 bits per heavy atom. The summed E-state index contributed by atoms with van der Waals surface area (Å²) < 4.78 is 15.4. The highest BCUT2D eigenvalue weighted by molar-refractivity contribution is 5.75. The van der Waals surface area contributed by atoms with Gasteiger partial charge >= 0.3 is 5.69 Å². The van der Waals surface area contributed by atoms with Crippen LogP contribution in [0.3, 0.4) is 0 Å². The fourth-order valence-electron chi connectivity index (χ4n) is 2.22. The van der Waals surface area contributed by atoms with Crippen LogP contribution in [-0.2, 0) is 17.9 Å². The number of carbonyl (C=O) groups is 1. The molecular formula is C17H20FN3O3. The van der Waals surface area contributed by atoms with Crippen LogP contribution < -0.4 is 16.6 Å². The molecule has 0 aliphatic heterocycles. The lowest BCUT2D eigenvalue weighted by atomic mass is 10.2. The molecule has 1 N–H and O–H groups in total. The van der Waals surface area contributed by atoms with E-state index in [1.165, 1.54) is 29.0 Å². The van der Waals surface area contributed by atoms with E-state index in [9.17, 15) is 18.8 Å². The maximum atomic E-state index is 13.2. The molecule has 1 aromatic carbocycles. The molecule has 1 unspecified atom stereocenters. The molecule has 1 atom stereocenters. The lowest BCUT2D eigenvalue weighted by Crippen LogP contribution is -2.44.